The van der Waals surface area contributed by atoms with E-state index in [1.54, 1.807) is 19.2 Å². The molecule has 0 aliphatic carbocycles. The van der Waals surface area contributed by atoms with Crippen LogP contribution < -0.4 is 4.90 Å². The summed E-state index contributed by atoms with van der Waals surface area (Å²) >= 11 is 0. The molecule has 1 aromatic carbocycles. The molecule has 0 amide bonds. The molecule has 0 bridgehead atoms. The predicted octanol–water partition coefficient (Wildman–Crippen LogP) is 2.73. The Morgan fingerprint density at radius 2 is 1.91 bits per heavy atom. The molecular weight excluding hydrogens is 466 g/mol. The predicted molar refractivity (Wildman–Crippen MR) is 133 cm³/mol. The number of hydrogen-bond donors (Lipinski definition) is 2. The largest absolute Gasteiger partial charge is 0.387 e. The van der Waals surface area contributed by atoms with Gasteiger partial charge < -0.3 is 24.7 Å². The summed E-state index contributed by atoms with van der Waals surface area (Å²) in [5, 5.41) is 21.1. The van der Waals surface area contributed by atoms with Crippen LogP contribution in [0.5, 0.6) is 0 Å². The summed E-state index contributed by atoms with van der Waals surface area (Å²) in [6, 6.07) is 7.29. The van der Waals surface area contributed by atoms with Crippen LogP contribution in [0.3, 0.4) is 0 Å². The van der Waals surface area contributed by atoms with Gasteiger partial charge >= 0.3 is 0 Å². The minimum atomic E-state index is -3.28. The highest BCUT2D eigenvalue weighted by molar-refractivity contribution is 7.91. The van der Waals surface area contributed by atoms with Crippen LogP contribution in [-0.2, 0) is 21.2 Å². The van der Waals surface area contributed by atoms with E-state index in [-0.39, 0.29) is 16.2 Å². The topological polar surface area (TPSA) is 103 Å². The summed E-state index contributed by atoms with van der Waals surface area (Å²) in [6.07, 6.45) is 3.53. The van der Waals surface area contributed by atoms with E-state index in [0.29, 0.717) is 13.2 Å². The second kappa shape index (κ2) is 9.44. The third-order valence-electron chi connectivity index (χ3n) is 8.26. The highest BCUT2D eigenvalue weighted by atomic mass is 32.2. The second-order valence-electron chi connectivity index (χ2n) is 10.3. The number of likely N-dealkylation sites (tertiary alicyclic amines) is 1. The number of aliphatic hydroxyl groups excluding tert-OH is 2. The van der Waals surface area contributed by atoms with Crippen LogP contribution >= 0.6 is 0 Å². The van der Waals surface area contributed by atoms with E-state index < -0.39 is 22.2 Å². The van der Waals surface area contributed by atoms with Crippen LogP contribution in [0.4, 0.5) is 5.69 Å². The molecule has 2 N–H and O–H groups in total. The summed E-state index contributed by atoms with van der Waals surface area (Å²) in [5.41, 5.74) is 4.96. The van der Waals surface area contributed by atoms with Crippen molar-refractivity contribution in [2.45, 2.75) is 57.1 Å². The van der Waals surface area contributed by atoms with Gasteiger partial charge in [-0.25, -0.2) is 13.4 Å². The lowest BCUT2D eigenvalue weighted by Gasteiger charge is -2.40. The number of anilines is 1. The van der Waals surface area contributed by atoms with Crippen LogP contribution in [-0.4, -0.2) is 67.0 Å². The lowest BCUT2D eigenvalue weighted by atomic mass is 9.77. The smallest absolute Gasteiger partial charge is 0.195 e. The zero-order valence-corrected chi connectivity index (χ0v) is 21.3. The van der Waals surface area contributed by atoms with Gasteiger partial charge in [-0.2, -0.15) is 0 Å². The number of aliphatic hydroxyl groups is 2. The van der Waals surface area contributed by atoms with Crippen LogP contribution in [0.2, 0.25) is 0 Å². The first kappa shape index (κ1) is 24.6. The van der Waals surface area contributed by atoms with E-state index in [4.69, 9.17) is 4.74 Å². The molecule has 0 saturated carbocycles. The number of rotatable bonds is 6. The zero-order chi connectivity index (χ0) is 24.8. The van der Waals surface area contributed by atoms with Crippen LogP contribution in [0, 0.1) is 12.3 Å². The normalized spacial score (nSPS) is 23.1. The lowest BCUT2D eigenvalue weighted by Crippen LogP contribution is -2.43. The third-order valence-corrected chi connectivity index (χ3v) is 9.90. The first-order valence-corrected chi connectivity index (χ1v) is 14.1. The van der Waals surface area contributed by atoms with Crippen molar-refractivity contribution in [2.24, 2.45) is 5.41 Å². The molecule has 3 aliphatic heterocycles. The molecule has 2 aromatic rings. The van der Waals surface area contributed by atoms with Gasteiger partial charge in [0.1, 0.15) is 0 Å². The number of nitrogens with zero attached hydrogens (tertiary/aromatic N) is 3. The minimum Gasteiger partial charge on any atom is -0.387 e. The Bertz CT molecular complexity index is 1180. The van der Waals surface area contributed by atoms with E-state index in [0.717, 1.165) is 73.4 Å². The summed E-state index contributed by atoms with van der Waals surface area (Å²) in [5.74, 6) is 0.0565. The van der Waals surface area contributed by atoms with E-state index in [2.05, 4.69) is 14.8 Å². The maximum Gasteiger partial charge on any atom is 0.195 e. The second-order valence-corrected chi connectivity index (χ2v) is 12.5. The van der Waals surface area contributed by atoms with Crippen molar-refractivity contribution < 1.29 is 23.4 Å². The number of hydrogen-bond acceptors (Lipinski definition) is 8. The lowest BCUT2D eigenvalue weighted by molar-refractivity contribution is -0.0918. The van der Waals surface area contributed by atoms with Crippen LogP contribution in [0.25, 0.3) is 0 Å². The molecule has 0 radical (unpaired) electrons. The quantitative estimate of drug-likeness (QED) is 0.623. The number of piperidine rings is 1. The van der Waals surface area contributed by atoms with Gasteiger partial charge in [-0.05, 0) is 73.5 Å². The number of pyridine rings is 1. The molecule has 2 saturated heterocycles. The molecule has 35 heavy (non-hydrogen) atoms. The van der Waals surface area contributed by atoms with Crippen molar-refractivity contribution in [2.75, 3.05) is 43.4 Å². The molecule has 1 spiro atoms. The Balaban J connectivity index is 1.17. The molecule has 9 heteroatoms. The van der Waals surface area contributed by atoms with Crippen molar-refractivity contribution in [3.63, 3.8) is 0 Å². The number of fused-ring (bicyclic) bond motifs is 1. The van der Waals surface area contributed by atoms with Gasteiger partial charge in [0.25, 0.3) is 0 Å². The highest BCUT2D eigenvalue weighted by Gasteiger charge is 2.41. The van der Waals surface area contributed by atoms with Crippen molar-refractivity contribution in [1.29, 1.82) is 0 Å². The van der Waals surface area contributed by atoms with Crippen molar-refractivity contribution in [3.8, 4) is 0 Å². The average molecular weight is 502 g/mol. The number of β-amino-alcohol motifs (C(OH)–C–C–N with tert-alkyl or cyclic N) is 1. The van der Waals surface area contributed by atoms with E-state index >= 15 is 0 Å². The Hall–Kier alpha value is -2.04. The number of ether oxygens (including phenoxy) is 1. The minimum absolute atomic E-state index is 0.0565. The van der Waals surface area contributed by atoms with Gasteiger partial charge in [0.05, 0.1) is 30.3 Å². The average Bonchev–Trinajstić information content (AvgIpc) is 3.45. The maximum absolute atomic E-state index is 12.0. The molecule has 5 rings (SSSR count). The fourth-order valence-corrected chi connectivity index (χ4v) is 6.62. The number of benzene rings is 1. The van der Waals surface area contributed by atoms with Gasteiger partial charge in [-0.3, -0.25) is 0 Å². The SMILES string of the molecule is CCS(=O)(=O)c1ccc(N2CCC3(CCN(C[C@H](O)c4ccc5c(c4C)COC5O)CC3)C2)cn1. The number of aromatic nitrogens is 1. The standard InChI is InChI=1S/C26H35N3O5S/c1-3-35(32,33)24-7-4-19(14-27-24)29-13-10-26(17-29)8-11-28(12-9-26)15-23(30)20-5-6-21-22(18(20)2)16-34-25(21)31/h4-7,14,23,25,30-31H,3,8-13,15-17H2,1-2H3/t23-,25?/m0/s1. The maximum atomic E-state index is 12.0. The molecule has 4 heterocycles. The molecule has 190 valence electrons. The molecule has 3 aliphatic rings. The highest BCUT2D eigenvalue weighted by Crippen LogP contribution is 2.42. The van der Waals surface area contributed by atoms with Crippen molar-refractivity contribution in [3.05, 3.63) is 52.7 Å². The Kier molecular flexibility index (Phi) is 6.65. The number of sulfone groups is 1. The zero-order valence-electron chi connectivity index (χ0n) is 20.5. The summed E-state index contributed by atoms with van der Waals surface area (Å²) in [4.78, 5) is 8.89. The van der Waals surface area contributed by atoms with Crippen molar-refractivity contribution >= 4 is 15.5 Å². The van der Waals surface area contributed by atoms with E-state index in [1.807, 2.05) is 25.1 Å². The Morgan fingerprint density at radius 1 is 1.17 bits per heavy atom. The summed E-state index contributed by atoms with van der Waals surface area (Å²) in [6.45, 7) is 8.41. The van der Waals surface area contributed by atoms with Gasteiger partial charge in [0.2, 0.25) is 0 Å². The fourth-order valence-electron chi connectivity index (χ4n) is 5.84. The van der Waals surface area contributed by atoms with Crippen molar-refractivity contribution in [1.82, 2.24) is 9.88 Å². The molecule has 1 unspecified atom stereocenters. The Labute approximate surface area is 207 Å². The molecule has 8 nitrogen and oxygen atoms in total. The van der Waals surface area contributed by atoms with Crippen LogP contribution in [0.15, 0.2) is 35.5 Å². The Morgan fingerprint density at radius 3 is 2.60 bits per heavy atom. The molecule has 1 aromatic heterocycles. The van der Waals surface area contributed by atoms with E-state index in [1.165, 1.54) is 0 Å². The van der Waals surface area contributed by atoms with E-state index in [9.17, 15) is 18.6 Å². The summed E-state index contributed by atoms with van der Waals surface area (Å²) in [7, 11) is -3.28. The first-order chi connectivity index (χ1) is 16.7. The molecule has 2 fully saturated rings. The van der Waals surface area contributed by atoms with Gasteiger partial charge in [0.15, 0.2) is 21.2 Å². The fraction of sp³-hybridized carbons (Fsp3) is 0.577. The molecular formula is C26H35N3O5S. The van der Waals surface area contributed by atoms with Gasteiger partial charge in [-0.1, -0.05) is 19.1 Å². The monoisotopic (exact) mass is 501 g/mol. The summed E-state index contributed by atoms with van der Waals surface area (Å²) < 4.78 is 29.4. The molecule has 2 atom stereocenters. The third kappa shape index (κ3) is 4.72. The van der Waals surface area contributed by atoms with Gasteiger partial charge in [0, 0.05) is 25.2 Å². The van der Waals surface area contributed by atoms with Crippen LogP contribution in [0.1, 0.15) is 60.8 Å². The first-order valence-electron chi connectivity index (χ1n) is 12.5. The van der Waals surface area contributed by atoms with Gasteiger partial charge in [-0.15, -0.1) is 0 Å².